The standard InChI is InChI=1S/C18H24O6S2.Na/c1-17(2,3)23-25(19,20)15-12-11-13-9-7-8-10-14(13)16(15)26(21,22)24-18(4,5)6;/h7-12H,1-6H3;. The van der Waals surface area contributed by atoms with Crippen LogP contribution in [0.3, 0.4) is 0 Å². The Bertz CT molecular complexity index is 1030. The molecule has 0 spiro atoms. The van der Waals surface area contributed by atoms with Crippen LogP contribution in [0.25, 0.3) is 10.8 Å². The fourth-order valence-electron chi connectivity index (χ4n) is 2.42. The topological polar surface area (TPSA) is 86.7 Å². The van der Waals surface area contributed by atoms with E-state index in [4.69, 9.17) is 8.37 Å². The maximum Gasteiger partial charge on any atom is 0.299 e. The summed E-state index contributed by atoms with van der Waals surface area (Å²) >= 11 is 0. The Morgan fingerprint density at radius 2 is 1.19 bits per heavy atom. The smallest absolute Gasteiger partial charge is 0.261 e. The summed E-state index contributed by atoms with van der Waals surface area (Å²) in [6.45, 7) is 9.46. The number of fused-ring (bicyclic) bond motifs is 1. The van der Waals surface area contributed by atoms with Gasteiger partial charge in [0.25, 0.3) is 20.2 Å². The predicted molar refractivity (Wildman–Crippen MR) is 106 cm³/mol. The number of hydrogen-bond donors (Lipinski definition) is 0. The quantitative estimate of drug-likeness (QED) is 0.553. The molecule has 0 N–H and O–H groups in total. The van der Waals surface area contributed by atoms with Gasteiger partial charge in [0.05, 0.1) is 11.2 Å². The number of benzene rings is 2. The third kappa shape index (κ3) is 6.25. The molecule has 2 rings (SSSR count). The fraction of sp³-hybridized carbons (Fsp3) is 0.444. The molecule has 0 atom stereocenters. The van der Waals surface area contributed by atoms with Crippen LogP contribution < -0.4 is 0 Å². The van der Waals surface area contributed by atoms with E-state index in [1.54, 1.807) is 71.9 Å². The zero-order valence-electron chi connectivity index (χ0n) is 16.7. The van der Waals surface area contributed by atoms with E-state index in [-0.39, 0.29) is 34.9 Å². The maximum atomic E-state index is 13.0. The molecule has 0 saturated carbocycles. The molecule has 6 nitrogen and oxygen atoms in total. The van der Waals surface area contributed by atoms with Crippen molar-refractivity contribution in [3.63, 3.8) is 0 Å². The van der Waals surface area contributed by atoms with Gasteiger partial charge in [-0.1, -0.05) is 30.3 Å². The second kappa shape index (κ2) is 8.10. The summed E-state index contributed by atoms with van der Waals surface area (Å²) in [5.74, 6) is 0. The van der Waals surface area contributed by atoms with E-state index in [2.05, 4.69) is 0 Å². The summed E-state index contributed by atoms with van der Waals surface area (Å²) in [5, 5.41) is 0.841. The van der Waals surface area contributed by atoms with Crippen molar-refractivity contribution in [3.8, 4) is 0 Å². The minimum Gasteiger partial charge on any atom is -0.261 e. The van der Waals surface area contributed by atoms with Crippen molar-refractivity contribution >= 4 is 60.6 Å². The summed E-state index contributed by atoms with van der Waals surface area (Å²) in [5.41, 5.74) is -2.04. The Morgan fingerprint density at radius 3 is 1.70 bits per heavy atom. The maximum absolute atomic E-state index is 13.0. The van der Waals surface area contributed by atoms with Crippen molar-refractivity contribution in [1.82, 2.24) is 0 Å². The first-order valence-corrected chi connectivity index (χ1v) is 10.9. The van der Waals surface area contributed by atoms with Crippen LogP contribution in [0.1, 0.15) is 41.5 Å². The van der Waals surface area contributed by atoms with Crippen molar-refractivity contribution in [1.29, 1.82) is 0 Å². The Kier molecular flexibility index (Phi) is 7.37. The van der Waals surface area contributed by atoms with Crippen LogP contribution in [0, 0.1) is 0 Å². The van der Waals surface area contributed by atoms with Crippen LogP contribution in [0.5, 0.6) is 0 Å². The predicted octanol–water partition coefficient (Wildman–Crippen LogP) is 3.47. The zero-order valence-corrected chi connectivity index (χ0v) is 20.4. The van der Waals surface area contributed by atoms with Crippen LogP contribution in [0.2, 0.25) is 0 Å². The summed E-state index contributed by atoms with van der Waals surface area (Å²) in [6.07, 6.45) is 0. The zero-order chi connectivity index (χ0) is 20.0. The molecule has 0 saturated heterocycles. The van der Waals surface area contributed by atoms with Crippen molar-refractivity contribution in [2.24, 2.45) is 0 Å². The summed E-state index contributed by atoms with van der Waals surface area (Å²) in [6, 6.07) is 9.41. The van der Waals surface area contributed by atoms with E-state index in [0.29, 0.717) is 5.39 Å². The molecule has 0 bridgehead atoms. The van der Waals surface area contributed by atoms with Crippen LogP contribution >= 0.6 is 0 Å². The average Bonchev–Trinajstić information content (AvgIpc) is 2.40. The molecule has 0 aromatic heterocycles. The molecule has 1 radical (unpaired) electrons. The van der Waals surface area contributed by atoms with Gasteiger partial charge >= 0.3 is 0 Å². The van der Waals surface area contributed by atoms with Gasteiger partial charge in [0.1, 0.15) is 9.79 Å². The second-order valence-electron chi connectivity index (χ2n) is 7.91. The van der Waals surface area contributed by atoms with Gasteiger partial charge in [-0.15, -0.1) is 0 Å². The van der Waals surface area contributed by atoms with E-state index in [1.165, 1.54) is 6.07 Å². The first kappa shape index (κ1) is 24.6. The molecular formula is C18H24NaO6S2. The Hall–Kier alpha value is -0.480. The van der Waals surface area contributed by atoms with Crippen molar-refractivity contribution in [2.45, 2.75) is 62.5 Å². The second-order valence-corrected chi connectivity index (χ2v) is 10.9. The molecule has 0 amide bonds. The van der Waals surface area contributed by atoms with Gasteiger partial charge in [0, 0.05) is 34.9 Å². The Labute approximate surface area is 183 Å². The molecule has 27 heavy (non-hydrogen) atoms. The number of hydrogen-bond acceptors (Lipinski definition) is 6. The molecule has 2 aromatic rings. The molecule has 2 aromatic carbocycles. The van der Waals surface area contributed by atoms with Crippen LogP contribution in [-0.4, -0.2) is 57.6 Å². The van der Waals surface area contributed by atoms with E-state index in [1.807, 2.05) is 0 Å². The molecular weight excluding hydrogens is 399 g/mol. The van der Waals surface area contributed by atoms with Gasteiger partial charge in [0.2, 0.25) is 0 Å². The molecule has 0 aliphatic carbocycles. The van der Waals surface area contributed by atoms with E-state index >= 15 is 0 Å². The van der Waals surface area contributed by atoms with Crippen LogP contribution in [0.15, 0.2) is 46.2 Å². The van der Waals surface area contributed by atoms with E-state index < -0.39 is 41.2 Å². The monoisotopic (exact) mass is 423 g/mol. The van der Waals surface area contributed by atoms with Crippen LogP contribution in [-0.2, 0) is 28.6 Å². The summed E-state index contributed by atoms with van der Waals surface area (Å²) in [7, 11) is -8.71. The third-order valence-corrected chi connectivity index (χ3v) is 6.47. The van der Waals surface area contributed by atoms with E-state index in [9.17, 15) is 16.8 Å². The third-order valence-electron chi connectivity index (χ3n) is 3.08. The molecule has 9 heteroatoms. The molecule has 0 heterocycles. The Balaban J connectivity index is 0.00000364. The first-order chi connectivity index (χ1) is 11.6. The van der Waals surface area contributed by atoms with Gasteiger partial charge in [0.15, 0.2) is 0 Å². The fourth-order valence-corrected chi connectivity index (χ4v) is 5.87. The van der Waals surface area contributed by atoms with Crippen molar-refractivity contribution in [3.05, 3.63) is 36.4 Å². The van der Waals surface area contributed by atoms with Crippen molar-refractivity contribution in [2.75, 3.05) is 0 Å². The first-order valence-electron chi connectivity index (χ1n) is 8.05. The SMILES string of the molecule is CC(C)(C)OS(=O)(=O)c1ccc2ccccc2c1S(=O)(=O)OC(C)(C)C.[Na]. The molecule has 0 aliphatic heterocycles. The van der Waals surface area contributed by atoms with E-state index in [0.717, 1.165) is 0 Å². The minimum atomic E-state index is -4.37. The van der Waals surface area contributed by atoms with Crippen molar-refractivity contribution < 1.29 is 25.2 Å². The largest absolute Gasteiger partial charge is 0.299 e. The van der Waals surface area contributed by atoms with Gasteiger partial charge in [-0.3, -0.25) is 8.37 Å². The number of rotatable bonds is 4. The molecule has 0 fully saturated rings. The summed E-state index contributed by atoms with van der Waals surface area (Å²) in [4.78, 5) is -0.842. The van der Waals surface area contributed by atoms with Crippen LogP contribution in [0.4, 0.5) is 0 Å². The minimum absolute atomic E-state index is 0. The van der Waals surface area contributed by atoms with Gasteiger partial charge in [-0.05, 0) is 53.0 Å². The normalized spacial score (nSPS) is 13.4. The van der Waals surface area contributed by atoms with Gasteiger partial charge < -0.3 is 0 Å². The Morgan fingerprint density at radius 1 is 0.704 bits per heavy atom. The molecule has 0 unspecified atom stereocenters. The molecule has 145 valence electrons. The molecule has 0 aliphatic rings. The van der Waals surface area contributed by atoms with Gasteiger partial charge in [-0.25, -0.2) is 0 Å². The van der Waals surface area contributed by atoms with Gasteiger partial charge in [-0.2, -0.15) is 16.8 Å². The average molecular weight is 424 g/mol. The summed E-state index contributed by atoms with van der Waals surface area (Å²) < 4.78 is 61.9.